The van der Waals surface area contributed by atoms with E-state index in [0.717, 1.165) is 30.0 Å². The van der Waals surface area contributed by atoms with Crippen molar-refractivity contribution in [2.24, 2.45) is 0 Å². The lowest BCUT2D eigenvalue weighted by Crippen LogP contribution is -2.21. The zero-order chi connectivity index (χ0) is 10.8. The molecule has 1 N–H and O–H groups in total. The molecule has 0 saturated carbocycles. The van der Waals surface area contributed by atoms with Crippen LogP contribution in [0.25, 0.3) is 0 Å². The van der Waals surface area contributed by atoms with Crippen molar-refractivity contribution >= 4 is 11.8 Å². The molecule has 1 aromatic carbocycles. The summed E-state index contributed by atoms with van der Waals surface area (Å²) in [4.78, 5) is 0.229. The first kappa shape index (κ1) is 11.5. The Hall–Kier alpha value is -0.610. The summed E-state index contributed by atoms with van der Waals surface area (Å²) in [6, 6.07) is 3.29. The van der Waals surface area contributed by atoms with Gasteiger partial charge in [0, 0.05) is 10.6 Å². The number of aliphatic hydroxyl groups is 1. The van der Waals surface area contributed by atoms with E-state index >= 15 is 0 Å². The van der Waals surface area contributed by atoms with E-state index in [0.29, 0.717) is 5.75 Å². The lowest BCUT2D eigenvalue weighted by atomic mass is 10.2. The Bertz CT molecular complexity index is 320. The summed E-state index contributed by atoms with van der Waals surface area (Å²) < 4.78 is 25.8. The van der Waals surface area contributed by atoms with Gasteiger partial charge in [0.1, 0.15) is 11.6 Å². The van der Waals surface area contributed by atoms with Crippen molar-refractivity contribution in [1.29, 1.82) is 0 Å². The first-order valence-electron chi connectivity index (χ1n) is 4.19. The average molecular weight is 218 g/mol. The minimum atomic E-state index is -0.885. The van der Waals surface area contributed by atoms with Crippen LogP contribution >= 0.6 is 11.8 Å². The van der Waals surface area contributed by atoms with Gasteiger partial charge < -0.3 is 5.11 Å². The van der Waals surface area contributed by atoms with Gasteiger partial charge in [-0.3, -0.25) is 0 Å². The molecule has 0 bridgehead atoms. The van der Waals surface area contributed by atoms with Crippen LogP contribution in [0.5, 0.6) is 0 Å². The van der Waals surface area contributed by atoms with Gasteiger partial charge in [-0.2, -0.15) is 0 Å². The van der Waals surface area contributed by atoms with Gasteiger partial charge in [-0.1, -0.05) is 0 Å². The minimum Gasteiger partial charge on any atom is -0.390 e. The topological polar surface area (TPSA) is 20.2 Å². The maximum absolute atomic E-state index is 13.1. The summed E-state index contributed by atoms with van der Waals surface area (Å²) >= 11 is 1.10. The Balaban J connectivity index is 2.72. The second-order valence-electron chi connectivity index (χ2n) is 3.68. The van der Waals surface area contributed by atoms with Gasteiger partial charge in [-0.05, 0) is 32.0 Å². The highest BCUT2D eigenvalue weighted by Gasteiger charge is 2.14. The van der Waals surface area contributed by atoms with Crippen molar-refractivity contribution in [2.45, 2.75) is 24.3 Å². The first-order valence-corrected chi connectivity index (χ1v) is 5.17. The van der Waals surface area contributed by atoms with Crippen LogP contribution in [-0.2, 0) is 0 Å². The Labute approximate surface area is 86.1 Å². The maximum atomic E-state index is 13.1. The molecular formula is C10H12F2OS. The van der Waals surface area contributed by atoms with E-state index in [1.54, 1.807) is 13.8 Å². The molecule has 1 nitrogen and oxygen atoms in total. The lowest BCUT2D eigenvalue weighted by Gasteiger charge is -2.16. The van der Waals surface area contributed by atoms with Crippen molar-refractivity contribution in [3.8, 4) is 0 Å². The molecule has 0 fully saturated rings. The SMILES string of the molecule is CC(C)(O)CSc1cc(F)ccc1F. The van der Waals surface area contributed by atoms with E-state index in [-0.39, 0.29) is 4.90 Å². The van der Waals surface area contributed by atoms with Crippen LogP contribution in [0.1, 0.15) is 13.8 Å². The third kappa shape index (κ3) is 3.64. The minimum absolute atomic E-state index is 0.229. The summed E-state index contributed by atoms with van der Waals surface area (Å²) in [6.07, 6.45) is 0. The molecule has 0 aliphatic rings. The highest BCUT2D eigenvalue weighted by Crippen LogP contribution is 2.25. The predicted molar refractivity (Wildman–Crippen MR) is 53.4 cm³/mol. The Kier molecular flexibility index (Phi) is 3.50. The van der Waals surface area contributed by atoms with Crippen molar-refractivity contribution in [3.05, 3.63) is 29.8 Å². The van der Waals surface area contributed by atoms with Crippen molar-refractivity contribution in [1.82, 2.24) is 0 Å². The first-order chi connectivity index (χ1) is 6.38. The smallest absolute Gasteiger partial charge is 0.136 e. The monoisotopic (exact) mass is 218 g/mol. The van der Waals surface area contributed by atoms with Crippen molar-refractivity contribution < 1.29 is 13.9 Å². The highest BCUT2D eigenvalue weighted by molar-refractivity contribution is 7.99. The summed E-state index contributed by atoms with van der Waals surface area (Å²) in [5, 5.41) is 9.40. The Morgan fingerprint density at radius 3 is 2.57 bits per heavy atom. The van der Waals surface area contributed by atoms with E-state index in [2.05, 4.69) is 0 Å². The molecule has 4 heteroatoms. The Morgan fingerprint density at radius 2 is 2.00 bits per heavy atom. The van der Waals surface area contributed by atoms with E-state index < -0.39 is 17.2 Å². The van der Waals surface area contributed by atoms with E-state index in [4.69, 9.17) is 0 Å². The van der Waals surface area contributed by atoms with Crippen molar-refractivity contribution in [3.63, 3.8) is 0 Å². The molecule has 0 amide bonds. The normalized spacial score (nSPS) is 11.8. The molecule has 0 aliphatic heterocycles. The number of thioether (sulfide) groups is 1. The van der Waals surface area contributed by atoms with Gasteiger partial charge in [-0.25, -0.2) is 8.78 Å². The summed E-state index contributed by atoms with van der Waals surface area (Å²) in [5.41, 5.74) is -0.885. The van der Waals surface area contributed by atoms with Crippen LogP contribution in [-0.4, -0.2) is 16.5 Å². The van der Waals surface area contributed by atoms with Gasteiger partial charge in [0.15, 0.2) is 0 Å². The van der Waals surface area contributed by atoms with E-state index in [1.165, 1.54) is 0 Å². The highest BCUT2D eigenvalue weighted by atomic mass is 32.2. The van der Waals surface area contributed by atoms with Gasteiger partial charge in [0.2, 0.25) is 0 Å². The van der Waals surface area contributed by atoms with Crippen LogP contribution < -0.4 is 0 Å². The van der Waals surface area contributed by atoms with Crippen LogP contribution in [0.4, 0.5) is 8.78 Å². The molecular weight excluding hydrogens is 206 g/mol. The Morgan fingerprint density at radius 1 is 1.36 bits per heavy atom. The standard InChI is InChI=1S/C10H12F2OS/c1-10(2,13)6-14-9-5-7(11)3-4-8(9)12/h3-5,13H,6H2,1-2H3. The van der Waals surface area contributed by atoms with Crippen LogP contribution in [0, 0.1) is 11.6 Å². The molecule has 0 radical (unpaired) electrons. The molecule has 0 unspecified atom stereocenters. The second kappa shape index (κ2) is 4.28. The summed E-state index contributed by atoms with van der Waals surface area (Å²) in [7, 11) is 0. The molecule has 0 aliphatic carbocycles. The van der Waals surface area contributed by atoms with E-state index in [1.807, 2.05) is 0 Å². The molecule has 1 aromatic rings. The zero-order valence-corrected chi connectivity index (χ0v) is 8.87. The summed E-state index contributed by atoms with van der Waals surface area (Å²) in [6.45, 7) is 3.24. The fraction of sp³-hybridized carbons (Fsp3) is 0.400. The molecule has 0 saturated heterocycles. The van der Waals surface area contributed by atoms with Gasteiger partial charge in [0.25, 0.3) is 0 Å². The van der Waals surface area contributed by atoms with E-state index in [9.17, 15) is 13.9 Å². The molecule has 1 rings (SSSR count). The third-order valence-electron chi connectivity index (χ3n) is 1.47. The number of benzene rings is 1. The molecule has 0 aromatic heterocycles. The average Bonchev–Trinajstić information content (AvgIpc) is 2.05. The number of halogens is 2. The fourth-order valence-corrected chi connectivity index (χ4v) is 1.75. The molecule has 14 heavy (non-hydrogen) atoms. The van der Waals surface area contributed by atoms with Crippen molar-refractivity contribution in [2.75, 3.05) is 5.75 Å². The van der Waals surface area contributed by atoms with Crippen LogP contribution in [0.3, 0.4) is 0 Å². The summed E-state index contributed by atoms with van der Waals surface area (Å²) in [5.74, 6) is -0.599. The van der Waals surface area contributed by atoms with Gasteiger partial charge in [0.05, 0.1) is 5.60 Å². The molecule has 0 heterocycles. The fourth-order valence-electron chi connectivity index (χ4n) is 0.842. The number of rotatable bonds is 3. The molecule has 78 valence electrons. The largest absolute Gasteiger partial charge is 0.390 e. The molecule has 0 spiro atoms. The second-order valence-corrected chi connectivity index (χ2v) is 4.69. The zero-order valence-electron chi connectivity index (χ0n) is 8.05. The maximum Gasteiger partial charge on any atom is 0.136 e. The quantitative estimate of drug-likeness (QED) is 0.787. The van der Waals surface area contributed by atoms with Gasteiger partial charge in [-0.15, -0.1) is 11.8 Å². The van der Waals surface area contributed by atoms with Gasteiger partial charge >= 0.3 is 0 Å². The van der Waals surface area contributed by atoms with Crippen LogP contribution in [0.2, 0.25) is 0 Å². The predicted octanol–water partition coefficient (Wildman–Crippen LogP) is 2.83. The number of hydrogen-bond donors (Lipinski definition) is 1. The third-order valence-corrected chi connectivity index (χ3v) is 2.95. The number of hydrogen-bond acceptors (Lipinski definition) is 2. The van der Waals surface area contributed by atoms with Crippen LogP contribution in [0.15, 0.2) is 23.1 Å². The molecule has 0 atom stereocenters. The lowest BCUT2D eigenvalue weighted by molar-refractivity contribution is 0.107.